The van der Waals surface area contributed by atoms with Gasteiger partial charge < -0.3 is 19.5 Å². The van der Waals surface area contributed by atoms with Crippen LogP contribution >= 0.6 is 0 Å². The molecule has 1 N–H and O–H groups in total. The summed E-state index contributed by atoms with van der Waals surface area (Å²) in [5.41, 5.74) is 2.55. The molecule has 7 heteroatoms. The van der Waals surface area contributed by atoms with Crippen LogP contribution in [0.2, 0.25) is 0 Å². The van der Waals surface area contributed by atoms with Crippen LogP contribution in [-0.2, 0) is 4.79 Å². The van der Waals surface area contributed by atoms with Gasteiger partial charge in [-0.3, -0.25) is 9.36 Å². The molecule has 0 radical (unpaired) electrons. The number of nitrogens with zero attached hydrogens (tertiary/aromatic N) is 2. The molecule has 0 spiro atoms. The monoisotopic (exact) mass is 379 g/mol. The van der Waals surface area contributed by atoms with Gasteiger partial charge in [-0.25, -0.2) is 4.98 Å². The van der Waals surface area contributed by atoms with E-state index in [1.54, 1.807) is 27.7 Å². The SMILES string of the molecule is COc1ccc(-n2cnc3c2NC(=O)CC3c2cc(OC)ccc2OC)cc1. The predicted molar refractivity (Wildman–Crippen MR) is 105 cm³/mol. The first-order chi connectivity index (χ1) is 13.6. The number of hydrogen-bond donors (Lipinski definition) is 1. The fourth-order valence-electron chi connectivity index (χ4n) is 3.51. The van der Waals surface area contributed by atoms with Gasteiger partial charge in [0.1, 0.15) is 29.4 Å². The third-order valence-corrected chi connectivity index (χ3v) is 4.94. The molecule has 7 nitrogen and oxygen atoms in total. The summed E-state index contributed by atoms with van der Waals surface area (Å²) >= 11 is 0. The fraction of sp³-hybridized carbons (Fsp3) is 0.238. The van der Waals surface area contributed by atoms with Crippen LogP contribution in [-0.4, -0.2) is 36.8 Å². The number of methoxy groups -OCH3 is 3. The van der Waals surface area contributed by atoms with Crippen LogP contribution in [0.1, 0.15) is 23.6 Å². The van der Waals surface area contributed by atoms with Crippen molar-refractivity contribution in [3.8, 4) is 22.9 Å². The normalized spacial score (nSPS) is 15.5. The maximum atomic E-state index is 12.5. The van der Waals surface area contributed by atoms with Crippen LogP contribution in [0.3, 0.4) is 0 Å². The van der Waals surface area contributed by atoms with Crippen molar-refractivity contribution in [2.24, 2.45) is 0 Å². The van der Waals surface area contributed by atoms with E-state index in [0.717, 1.165) is 22.7 Å². The number of ether oxygens (including phenoxy) is 3. The zero-order valence-electron chi connectivity index (χ0n) is 15.9. The molecule has 0 fully saturated rings. The lowest BCUT2D eigenvalue weighted by molar-refractivity contribution is -0.116. The fourth-order valence-corrected chi connectivity index (χ4v) is 3.51. The zero-order chi connectivity index (χ0) is 19.7. The number of carbonyl (C=O) groups is 1. The molecule has 3 aromatic rings. The number of anilines is 1. The van der Waals surface area contributed by atoms with Crippen molar-refractivity contribution >= 4 is 11.7 Å². The molecule has 4 rings (SSSR count). The van der Waals surface area contributed by atoms with Crippen molar-refractivity contribution in [2.75, 3.05) is 26.6 Å². The number of rotatable bonds is 5. The Morgan fingerprint density at radius 2 is 1.71 bits per heavy atom. The first kappa shape index (κ1) is 17.9. The van der Waals surface area contributed by atoms with E-state index in [4.69, 9.17) is 14.2 Å². The lowest BCUT2D eigenvalue weighted by atomic mass is 9.89. The second-order valence-corrected chi connectivity index (χ2v) is 6.46. The highest BCUT2D eigenvalue weighted by atomic mass is 16.5. The van der Waals surface area contributed by atoms with Crippen molar-refractivity contribution in [3.63, 3.8) is 0 Å². The maximum absolute atomic E-state index is 12.5. The van der Waals surface area contributed by atoms with E-state index < -0.39 is 0 Å². The minimum atomic E-state index is -0.228. The number of carbonyl (C=O) groups excluding carboxylic acids is 1. The Morgan fingerprint density at radius 1 is 1.00 bits per heavy atom. The number of amides is 1. The average molecular weight is 379 g/mol. The molecular weight excluding hydrogens is 358 g/mol. The summed E-state index contributed by atoms with van der Waals surface area (Å²) in [6.07, 6.45) is 2.01. The van der Waals surface area contributed by atoms with E-state index >= 15 is 0 Å². The number of imidazole rings is 1. The van der Waals surface area contributed by atoms with Crippen LogP contribution in [0, 0.1) is 0 Å². The Hall–Kier alpha value is -3.48. The molecule has 2 aromatic carbocycles. The molecule has 1 amide bonds. The summed E-state index contributed by atoms with van der Waals surface area (Å²) < 4.78 is 18.0. The van der Waals surface area contributed by atoms with Crippen molar-refractivity contribution in [3.05, 3.63) is 60.0 Å². The van der Waals surface area contributed by atoms with Gasteiger partial charge in [0.15, 0.2) is 0 Å². The number of hydrogen-bond acceptors (Lipinski definition) is 5. The molecule has 2 heterocycles. The molecule has 0 saturated heterocycles. The van der Waals surface area contributed by atoms with Crippen molar-refractivity contribution < 1.29 is 19.0 Å². The van der Waals surface area contributed by atoms with Gasteiger partial charge in [0.25, 0.3) is 0 Å². The lowest BCUT2D eigenvalue weighted by Crippen LogP contribution is -2.25. The van der Waals surface area contributed by atoms with Gasteiger partial charge in [-0.05, 0) is 42.5 Å². The summed E-state index contributed by atoms with van der Waals surface area (Å²) in [5, 5.41) is 2.96. The minimum absolute atomic E-state index is 0.0716. The van der Waals surface area contributed by atoms with Gasteiger partial charge >= 0.3 is 0 Å². The summed E-state index contributed by atoms with van der Waals surface area (Å²) in [7, 11) is 4.86. The molecule has 1 aliphatic heterocycles. The van der Waals surface area contributed by atoms with Crippen LogP contribution in [0.15, 0.2) is 48.8 Å². The summed E-state index contributed by atoms with van der Waals surface area (Å²) in [6, 6.07) is 13.2. The summed E-state index contributed by atoms with van der Waals surface area (Å²) in [5.74, 6) is 2.53. The van der Waals surface area contributed by atoms with Gasteiger partial charge in [0, 0.05) is 23.6 Å². The molecule has 1 atom stereocenters. The highest BCUT2D eigenvalue weighted by molar-refractivity contribution is 5.94. The summed E-state index contributed by atoms with van der Waals surface area (Å²) in [6.45, 7) is 0. The van der Waals surface area contributed by atoms with Gasteiger partial charge in [-0.1, -0.05) is 0 Å². The topological polar surface area (TPSA) is 74.6 Å². The number of aromatic nitrogens is 2. The van der Waals surface area contributed by atoms with Crippen molar-refractivity contribution in [1.29, 1.82) is 0 Å². The number of benzene rings is 2. The minimum Gasteiger partial charge on any atom is -0.497 e. The molecule has 0 saturated carbocycles. The molecule has 1 aliphatic rings. The summed E-state index contributed by atoms with van der Waals surface area (Å²) in [4.78, 5) is 17.1. The van der Waals surface area contributed by atoms with Crippen LogP contribution in [0.4, 0.5) is 5.82 Å². The van der Waals surface area contributed by atoms with E-state index in [1.807, 2.05) is 47.0 Å². The van der Waals surface area contributed by atoms with Gasteiger partial charge in [-0.2, -0.15) is 0 Å². The molecule has 28 heavy (non-hydrogen) atoms. The lowest BCUT2D eigenvalue weighted by Gasteiger charge is -2.25. The van der Waals surface area contributed by atoms with E-state index in [0.29, 0.717) is 17.3 Å². The predicted octanol–water partition coefficient (Wildman–Crippen LogP) is 3.37. The molecule has 1 aromatic heterocycles. The zero-order valence-corrected chi connectivity index (χ0v) is 15.9. The van der Waals surface area contributed by atoms with E-state index in [2.05, 4.69) is 10.3 Å². The standard InChI is InChI=1S/C21H21N3O4/c1-26-14-6-4-13(5-7-14)24-12-22-20-17(11-19(25)23-21(20)24)16-10-15(27-2)8-9-18(16)28-3/h4-10,12,17H,11H2,1-3H3,(H,23,25). The van der Waals surface area contributed by atoms with E-state index in [-0.39, 0.29) is 18.2 Å². The highest BCUT2D eigenvalue weighted by Crippen LogP contribution is 2.42. The van der Waals surface area contributed by atoms with Crippen LogP contribution in [0.25, 0.3) is 5.69 Å². The number of fused-ring (bicyclic) bond motifs is 1. The smallest absolute Gasteiger partial charge is 0.226 e. The average Bonchev–Trinajstić information content (AvgIpc) is 3.16. The van der Waals surface area contributed by atoms with Gasteiger partial charge in [0.05, 0.1) is 27.0 Å². The maximum Gasteiger partial charge on any atom is 0.226 e. The van der Waals surface area contributed by atoms with Crippen molar-refractivity contribution in [1.82, 2.24) is 9.55 Å². The van der Waals surface area contributed by atoms with Gasteiger partial charge in [0.2, 0.25) is 5.91 Å². The third kappa shape index (κ3) is 3.05. The van der Waals surface area contributed by atoms with Crippen LogP contribution in [0.5, 0.6) is 17.2 Å². The Balaban J connectivity index is 1.81. The molecule has 1 unspecified atom stereocenters. The molecule has 144 valence electrons. The number of nitrogens with one attached hydrogen (secondary N) is 1. The van der Waals surface area contributed by atoms with E-state index in [9.17, 15) is 4.79 Å². The van der Waals surface area contributed by atoms with Crippen molar-refractivity contribution in [2.45, 2.75) is 12.3 Å². The Morgan fingerprint density at radius 3 is 2.39 bits per heavy atom. The Bertz CT molecular complexity index is 1010. The molecular formula is C21H21N3O4. The quantitative estimate of drug-likeness (QED) is 0.736. The Kier molecular flexibility index (Phi) is 4.65. The highest BCUT2D eigenvalue weighted by Gasteiger charge is 2.33. The second-order valence-electron chi connectivity index (χ2n) is 6.46. The second kappa shape index (κ2) is 7.26. The van der Waals surface area contributed by atoms with Gasteiger partial charge in [-0.15, -0.1) is 0 Å². The van der Waals surface area contributed by atoms with E-state index in [1.165, 1.54) is 0 Å². The Labute approximate surface area is 162 Å². The largest absolute Gasteiger partial charge is 0.497 e. The van der Waals surface area contributed by atoms with Crippen LogP contribution < -0.4 is 19.5 Å². The first-order valence-electron chi connectivity index (χ1n) is 8.88. The third-order valence-electron chi connectivity index (χ3n) is 4.94. The first-order valence-corrected chi connectivity index (χ1v) is 8.88. The molecule has 0 bridgehead atoms. The molecule has 0 aliphatic carbocycles.